The molecule has 13 heteroatoms. The Balaban J connectivity index is 2.49. The minimum Gasteiger partial charge on any atom is -0.368 e. The van der Waals surface area contributed by atoms with Crippen LogP contribution < -0.4 is 11.1 Å². The highest BCUT2D eigenvalue weighted by atomic mass is 32.2. The van der Waals surface area contributed by atoms with E-state index in [4.69, 9.17) is 5.73 Å². The molecule has 29 heavy (non-hydrogen) atoms. The van der Waals surface area contributed by atoms with Gasteiger partial charge in [-0.05, 0) is 5.92 Å². The summed E-state index contributed by atoms with van der Waals surface area (Å²) in [6, 6.07) is -0.934. The molecule has 4 amide bonds. The fraction of sp³-hybridized carbons (Fsp3) is 0.625. The van der Waals surface area contributed by atoms with E-state index in [9.17, 15) is 36.0 Å². The minimum atomic E-state index is -3.86. The molecule has 3 N–H and O–H groups in total. The average molecular weight is 452 g/mol. The Labute approximate surface area is 169 Å². The molecule has 1 rings (SSSR count). The molecule has 164 valence electrons. The Morgan fingerprint density at radius 2 is 1.45 bits per heavy atom. The lowest BCUT2D eigenvalue weighted by molar-refractivity contribution is -0.136. The van der Waals surface area contributed by atoms with Crippen molar-refractivity contribution in [3.8, 4) is 0 Å². The normalized spacial score (nSPS) is 15.8. The zero-order valence-corrected chi connectivity index (χ0v) is 17.8. The number of nitrogens with one attached hydrogen (secondary N) is 1. The third-order valence-electron chi connectivity index (χ3n) is 4.16. The average Bonchev–Trinajstić information content (AvgIpc) is 2.92. The summed E-state index contributed by atoms with van der Waals surface area (Å²) in [4.78, 5) is 46.6. The van der Waals surface area contributed by atoms with Gasteiger partial charge in [-0.25, -0.2) is 16.8 Å². The Morgan fingerprint density at radius 1 is 0.966 bits per heavy atom. The van der Waals surface area contributed by atoms with Gasteiger partial charge in [0.2, 0.25) is 11.8 Å². The zero-order chi connectivity index (χ0) is 22.4. The Morgan fingerprint density at radius 3 is 1.90 bits per heavy atom. The van der Waals surface area contributed by atoms with Gasteiger partial charge in [-0.15, -0.1) is 0 Å². The van der Waals surface area contributed by atoms with Crippen LogP contribution in [-0.2, 0) is 38.9 Å². The van der Waals surface area contributed by atoms with Crippen molar-refractivity contribution < 1.29 is 36.0 Å². The fourth-order valence-corrected chi connectivity index (χ4v) is 5.80. The fourth-order valence-electron chi connectivity index (χ4n) is 2.40. The first kappa shape index (κ1) is 24.8. The number of nitrogens with zero attached hydrogens (tertiary/aromatic N) is 1. The molecular formula is C16H25N3O8S2. The minimum absolute atomic E-state index is 0.275. The lowest BCUT2D eigenvalue weighted by Crippen LogP contribution is -2.48. The van der Waals surface area contributed by atoms with Crippen LogP contribution >= 0.6 is 0 Å². The van der Waals surface area contributed by atoms with Crippen LogP contribution in [0.1, 0.15) is 20.3 Å². The number of hydrogen-bond acceptors (Lipinski definition) is 8. The number of carbonyl (C=O) groups excluding carboxylic acids is 4. The van der Waals surface area contributed by atoms with E-state index in [1.54, 1.807) is 13.8 Å². The smallest absolute Gasteiger partial charge is 0.253 e. The number of nitrogens with two attached hydrogens (primary N) is 1. The van der Waals surface area contributed by atoms with Gasteiger partial charge in [0.15, 0.2) is 19.7 Å². The zero-order valence-electron chi connectivity index (χ0n) is 16.2. The van der Waals surface area contributed by atoms with Crippen molar-refractivity contribution in [1.82, 2.24) is 10.2 Å². The van der Waals surface area contributed by atoms with Gasteiger partial charge in [0.05, 0.1) is 23.0 Å². The van der Waals surface area contributed by atoms with Gasteiger partial charge in [0.25, 0.3) is 11.8 Å². The van der Waals surface area contributed by atoms with Gasteiger partial charge in [-0.1, -0.05) is 13.8 Å². The quantitative estimate of drug-likeness (QED) is 0.313. The van der Waals surface area contributed by atoms with Gasteiger partial charge in [-0.2, -0.15) is 0 Å². The van der Waals surface area contributed by atoms with E-state index in [2.05, 4.69) is 5.32 Å². The lowest BCUT2D eigenvalue weighted by atomic mass is 10.0. The van der Waals surface area contributed by atoms with Crippen LogP contribution in [0.5, 0.6) is 0 Å². The van der Waals surface area contributed by atoms with E-state index < -0.39 is 78.8 Å². The number of sulfone groups is 2. The highest BCUT2D eigenvalue weighted by molar-refractivity contribution is 7.95. The second-order valence-electron chi connectivity index (χ2n) is 6.91. The summed E-state index contributed by atoms with van der Waals surface area (Å²) in [5.74, 6) is -5.51. The van der Waals surface area contributed by atoms with E-state index in [1.165, 1.54) is 0 Å². The number of amides is 4. The molecule has 0 aromatic carbocycles. The van der Waals surface area contributed by atoms with Gasteiger partial charge in [0.1, 0.15) is 6.04 Å². The maximum Gasteiger partial charge on any atom is 0.253 e. The summed E-state index contributed by atoms with van der Waals surface area (Å²) < 4.78 is 48.1. The molecule has 1 heterocycles. The van der Waals surface area contributed by atoms with Gasteiger partial charge < -0.3 is 11.1 Å². The van der Waals surface area contributed by atoms with E-state index in [0.29, 0.717) is 0 Å². The molecule has 0 spiro atoms. The maximum atomic E-state index is 12.0. The summed E-state index contributed by atoms with van der Waals surface area (Å²) in [6.07, 6.45) is 1.60. The monoisotopic (exact) mass is 451 g/mol. The van der Waals surface area contributed by atoms with Crippen LogP contribution in [0, 0.1) is 5.92 Å². The highest BCUT2D eigenvalue weighted by Gasteiger charge is 2.27. The van der Waals surface area contributed by atoms with Crippen molar-refractivity contribution in [3.05, 3.63) is 12.2 Å². The van der Waals surface area contributed by atoms with Gasteiger partial charge >= 0.3 is 0 Å². The van der Waals surface area contributed by atoms with Crippen LogP contribution in [0.15, 0.2) is 12.2 Å². The second-order valence-corrected chi connectivity index (χ2v) is 11.5. The van der Waals surface area contributed by atoms with Gasteiger partial charge in [-0.3, -0.25) is 24.1 Å². The number of rotatable bonds is 12. The number of imide groups is 1. The maximum absolute atomic E-state index is 12.0. The summed E-state index contributed by atoms with van der Waals surface area (Å²) >= 11 is 0. The predicted molar refractivity (Wildman–Crippen MR) is 104 cm³/mol. The standard InChI is InChI=1S/C16H25N3O8S2/c1-11(2)15(16(17)23)18-12(20)5-7-28(24,25)9-10-29(26,27)8-6-19-13(21)3-4-14(19)22/h3-4,11,15H,5-10H2,1-2H3,(H2,17,23)(H,18,20)/t15-/m0/s1. The first-order valence-electron chi connectivity index (χ1n) is 8.77. The molecule has 0 bridgehead atoms. The molecule has 0 saturated carbocycles. The molecule has 0 saturated heterocycles. The molecule has 1 aliphatic rings. The molecule has 11 nitrogen and oxygen atoms in total. The number of carbonyl (C=O) groups is 4. The topological polar surface area (TPSA) is 178 Å². The molecule has 1 atom stereocenters. The Kier molecular flexibility index (Phi) is 8.50. The first-order valence-corrected chi connectivity index (χ1v) is 12.4. The molecule has 1 aliphatic heterocycles. The Bertz CT molecular complexity index is 888. The molecule has 0 aromatic rings. The largest absolute Gasteiger partial charge is 0.368 e. The van der Waals surface area contributed by atoms with Crippen molar-refractivity contribution in [1.29, 1.82) is 0 Å². The third kappa shape index (κ3) is 8.31. The molecule has 0 aliphatic carbocycles. The molecule has 0 unspecified atom stereocenters. The summed E-state index contributed by atoms with van der Waals surface area (Å²) in [6.45, 7) is 2.96. The van der Waals surface area contributed by atoms with Crippen LogP contribution in [0.3, 0.4) is 0 Å². The predicted octanol–water partition coefficient (Wildman–Crippen LogP) is -2.24. The van der Waals surface area contributed by atoms with Crippen molar-refractivity contribution >= 4 is 43.3 Å². The van der Waals surface area contributed by atoms with Crippen molar-refractivity contribution in [2.45, 2.75) is 26.3 Å². The van der Waals surface area contributed by atoms with E-state index >= 15 is 0 Å². The van der Waals surface area contributed by atoms with E-state index in [1.807, 2.05) is 0 Å². The summed E-state index contributed by atoms with van der Waals surface area (Å²) in [5.41, 5.74) is 5.17. The molecular weight excluding hydrogens is 426 g/mol. The number of hydrogen-bond donors (Lipinski definition) is 2. The Hall–Kier alpha value is -2.28. The van der Waals surface area contributed by atoms with E-state index in [0.717, 1.165) is 17.1 Å². The van der Waals surface area contributed by atoms with Gasteiger partial charge in [0, 0.05) is 25.1 Å². The molecule has 0 aromatic heterocycles. The van der Waals surface area contributed by atoms with Crippen LogP contribution in [-0.4, -0.2) is 81.0 Å². The second kappa shape index (κ2) is 9.96. The SMILES string of the molecule is CC(C)[C@H](NC(=O)CCS(=O)(=O)CCS(=O)(=O)CCN1C(=O)C=CC1=O)C(N)=O. The van der Waals surface area contributed by atoms with Crippen molar-refractivity contribution in [2.75, 3.05) is 29.6 Å². The van der Waals surface area contributed by atoms with Crippen LogP contribution in [0.2, 0.25) is 0 Å². The van der Waals surface area contributed by atoms with Crippen molar-refractivity contribution in [2.24, 2.45) is 11.7 Å². The van der Waals surface area contributed by atoms with Crippen LogP contribution in [0.25, 0.3) is 0 Å². The summed E-state index contributed by atoms with van der Waals surface area (Å²) in [7, 11) is -7.70. The lowest BCUT2D eigenvalue weighted by Gasteiger charge is -2.18. The first-order chi connectivity index (χ1) is 13.2. The summed E-state index contributed by atoms with van der Waals surface area (Å²) in [5, 5.41) is 2.35. The van der Waals surface area contributed by atoms with E-state index in [-0.39, 0.29) is 12.5 Å². The molecule has 0 fully saturated rings. The highest BCUT2D eigenvalue weighted by Crippen LogP contribution is 2.06. The third-order valence-corrected chi connectivity index (χ3v) is 7.70. The van der Waals surface area contributed by atoms with Crippen molar-refractivity contribution in [3.63, 3.8) is 0 Å². The van der Waals surface area contributed by atoms with Crippen LogP contribution in [0.4, 0.5) is 0 Å². The number of primary amides is 1. The molecule has 0 radical (unpaired) electrons.